The third-order valence-electron chi connectivity index (χ3n) is 1.95. The topological polar surface area (TPSA) is 43.7 Å². The van der Waals surface area contributed by atoms with Gasteiger partial charge in [-0.25, -0.2) is 0 Å². The third-order valence-corrected chi connectivity index (χ3v) is 1.95. The zero-order valence-electron chi connectivity index (χ0n) is 7.23. The maximum absolute atomic E-state index is 9.74. The number of aliphatic hydroxyl groups is 1. The molecule has 0 spiro atoms. The van der Waals surface area contributed by atoms with E-state index < -0.39 is 5.72 Å². The van der Waals surface area contributed by atoms with Crippen molar-refractivity contribution in [1.82, 2.24) is 5.06 Å². The molecule has 66 valence electrons. The molecule has 0 fully saturated rings. The van der Waals surface area contributed by atoms with E-state index in [1.807, 2.05) is 18.2 Å². The summed E-state index contributed by atoms with van der Waals surface area (Å²) in [5.41, 5.74) is -0.656. The summed E-state index contributed by atoms with van der Waals surface area (Å²) in [5.74, 6) is 0. The first-order chi connectivity index (χ1) is 5.55. The van der Waals surface area contributed by atoms with Gasteiger partial charge in [0.2, 0.25) is 0 Å². The SMILES string of the molecule is CN(O)[C@](C)(O)c1ccccc1. The van der Waals surface area contributed by atoms with E-state index in [-0.39, 0.29) is 0 Å². The van der Waals surface area contributed by atoms with Crippen LogP contribution in [-0.2, 0) is 5.72 Å². The van der Waals surface area contributed by atoms with Crippen LogP contribution in [0.15, 0.2) is 30.3 Å². The molecule has 0 aliphatic carbocycles. The molecule has 0 bridgehead atoms. The Bertz CT molecular complexity index is 244. The van der Waals surface area contributed by atoms with Crippen molar-refractivity contribution in [3.63, 3.8) is 0 Å². The van der Waals surface area contributed by atoms with Gasteiger partial charge in [-0.3, -0.25) is 0 Å². The van der Waals surface area contributed by atoms with E-state index in [1.165, 1.54) is 14.0 Å². The zero-order chi connectivity index (χ0) is 9.19. The normalized spacial score (nSPS) is 16.1. The summed E-state index contributed by atoms with van der Waals surface area (Å²) in [5, 5.41) is 19.6. The van der Waals surface area contributed by atoms with Crippen LogP contribution in [0, 0.1) is 0 Å². The van der Waals surface area contributed by atoms with E-state index in [0.29, 0.717) is 5.56 Å². The summed E-state index contributed by atoms with van der Waals surface area (Å²) in [6, 6.07) is 9.00. The fourth-order valence-corrected chi connectivity index (χ4v) is 0.941. The molecular formula is C9H13NO2. The average molecular weight is 167 g/mol. The highest BCUT2D eigenvalue weighted by molar-refractivity contribution is 5.20. The van der Waals surface area contributed by atoms with Gasteiger partial charge < -0.3 is 10.3 Å². The molecule has 3 heteroatoms. The summed E-state index contributed by atoms with van der Waals surface area (Å²) >= 11 is 0. The number of hydrogen-bond donors (Lipinski definition) is 2. The molecule has 1 atom stereocenters. The molecule has 0 heterocycles. The Morgan fingerprint density at radius 2 is 1.75 bits per heavy atom. The summed E-state index contributed by atoms with van der Waals surface area (Å²) < 4.78 is 0. The first-order valence-electron chi connectivity index (χ1n) is 3.76. The monoisotopic (exact) mass is 167 g/mol. The molecular weight excluding hydrogens is 154 g/mol. The molecule has 0 saturated heterocycles. The number of hydrogen-bond acceptors (Lipinski definition) is 3. The smallest absolute Gasteiger partial charge is 0.163 e. The largest absolute Gasteiger partial charge is 0.370 e. The fraction of sp³-hybridized carbons (Fsp3) is 0.333. The fourth-order valence-electron chi connectivity index (χ4n) is 0.941. The molecule has 1 aromatic rings. The molecule has 1 rings (SSSR count). The Kier molecular flexibility index (Phi) is 2.47. The van der Waals surface area contributed by atoms with Gasteiger partial charge in [0.1, 0.15) is 0 Å². The van der Waals surface area contributed by atoms with Crippen LogP contribution in [-0.4, -0.2) is 22.4 Å². The third kappa shape index (κ3) is 1.64. The van der Waals surface area contributed by atoms with Crippen LogP contribution in [0.3, 0.4) is 0 Å². The first-order valence-corrected chi connectivity index (χ1v) is 3.76. The lowest BCUT2D eigenvalue weighted by Crippen LogP contribution is -2.38. The Labute approximate surface area is 71.8 Å². The highest BCUT2D eigenvalue weighted by Crippen LogP contribution is 2.21. The van der Waals surface area contributed by atoms with E-state index in [4.69, 9.17) is 5.21 Å². The van der Waals surface area contributed by atoms with Crippen molar-refractivity contribution in [3.8, 4) is 0 Å². The van der Waals surface area contributed by atoms with Crippen LogP contribution in [0.4, 0.5) is 0 Å². The lowest BCUT2D eigenvalue weighted by atomic mass is 10.1. The molecule has 0 aliphatic heterocycles. The van der Waals surface area contributed by atoms with E-state index >= 15 is 0 Å². The molecule has 2 N–H and O–H groups in total. The number of benzene rings is 1. The summed E-state index contributed by atoms with van der Waals surface area (Å²) in [7, 11) is 1.41. The highest BCUT2D eigenvalue weighted by atomic mass is 16.5. The van der Waals surface area contributed by atoms with Gasteiger partial charge in [-0.1, -0.05) is 30.3 Å². The van der Waals surface area contributed by atoms with Crippen LogP contribution in [0.5, 0.6) is 0 Å². The Morgan fingerprint density at radius 3 is 2.17 bits per heavy atom. The lowest BCUT2D eigenvalue weighted by molar-refractivity contribution is -0.245. The molecule has 0 aromatic heterocycles. The van der Waals surface area contributed by atoms with Crippen LogP contribution >= 0.6 is 0 Å². The summed E-state index contributed by atoms with van der Waals surface area (Å²) in [4.78, 5) is 0. The van der Waals surface area contributed by atoms with Crippen molar-refractivity contribution in [3.05, 3.63) is 35.9 Å². The van der Waals surface area contributed by atoms with Crippen molar-refractivity contribution in [1.29, 1.82) is 0 Å². The van der Waals surface area contributed by atoms with E-state index in [0.717, 1.165) is 5.06 Å². The molecule has 0 aliphatic rings. The minimum Gasteiger partial charge on any atom is -0.370 e. The molecule has 12 heavy (non-hydrogen) atoms. The average Bonchev–Trinajstić information content (AvgIpc) is 2.06. The second kappa shape index (κ2) is 3.23. The van der Waals surface area contributed by atoms with Crippen LogP contribution < -0.4 is 0 Å². The van der Waals surface area contributed by atoms with Crippen molar-refractivity contribution in [2.24, 2.45) is 0 Å². The number of nitrogens with zero attached hydrogens (tertiary/aromatic N) is 1. The van der Waals surface area contributed by atoms with E-state index in [1.54, 1.807) is 12.1 Å². The summed E-state index contributed by atoms with van der Waals surface area (Å²) in [6.07, 6.45) is 0. The number of rotatable bonds is 2. The predicted molar refractivity (Wildman–Crippen MR) is 45.6 cm³/mol. The van der Waals surface area contributed by atoms with Crippen LogP contribution in [0.1, 0.15) is 12.5 Å². The standard InChI is InChI=1S/C9H13NO2/c1-9(11,10(2)12)8-6-4-3-5-7-8/h3-7,11-12H,1-2H3/t9-/m1/s1. The van der Waals surface area contributed by atoms with Gasteiger partial charge in [-0.15, -0.1) is 0 Å². The van der Waals surface area contributed by atoms with Crippen molar-refractivity contribution < 1.29 is 10.3 Å². The van der Waals surface area contributed by atoms with Gasteiger partial charge in [0.25, 0.3) is 0 Å². The second-order valence-electron chi connectivity index (χ2n) is 2.91. The van der Waals surface area contributed by atoms with Crippen molar-refractivity contribution in [2.45, 2.75) is 12.6 Å². The summed E-state index contributed by atoms with van der Waals surface area (Å²) in [6.45, 7) is 1.53. The minimum absolute atomic E-state index is 0.662. The van der Waals surface area contributed by atoms with Gasteiger partial charge in [0.15, 0.2) is 5.72 Å². The zero-order valence-corrected chi connectivity index (χ0v) is 7.23. The molecule has 1 aromatic carbocycles. The lowest BCUT2D eigenvalue weighted by Gasteiger charge is -2.28. The highest BCUT2D eigenvalue weighted by Gasteiger charge is 2.26. The molecule has 0 amide bonds. The van der Waals surface area contributed by atoms with Gasteiger partial charge >= 0.3 is 0 Å². The van der Waals surface area contributed by atoms with Gasteiger partial charge in [-0.2, -0.15) is 5.06 Å². The van der Waals surface area contributed by atoms with Gasteiger partial charge in [-0.05, 0) is 6.92 Å². The Balaban J connectivity index is 2.98. The van der Waals surface area contributed by atoms with Crippen molar-refractivity contribution in [2.75, 3.05) is 7.05 Å². The van der Waals surface area contributed by atoms with Crippen LogP contribution in [0.25, 0.3) is 0 Å². The molecule has 0 saturated carbocycles. The maximum atomic E-state index is 9.74. The molecule has 0 unspecified atom stereocenters. The minimum atomic E-state index is -1.32. The Hall–Kier alpha value is -0.900. The van der Waals surface area contributed by atoms with E-state index in [2.05, 4.69) is 0 Å². The second-order valence-corrected chi connectivity index (χ2v) is 2.91. The van der Waals surface area contributed by atoms with E-state index in [9.17, 15) is 5.11 Å². The number of hydroxylamine groups is 2. The first kappa shape index (κ1) is 9.19. The van der Waals surface area contributed by atoms with Crippen molar-refractivity contribution >= 4 is 0 Å². The predicted octanol–water partition coefficient (Wildman–Crippen LogP) is 1.17. The quantitative estimate of drug-likeness (QED) is 0.513. The van der Waals surface area contributed by atoms with Gasteiger partial charge in [0, 0.05) is 12.6 Å². The van der Waals surface area contributed by atoms with Crippen LogP contribution in [0.2, 0.25) is 0 Å². The molecule has 0 radical (unpaired) electrons. The maximum Gasteiger partial charge on any atom is 0.163 e. The Morgan fingerprint density at radius 1 is 1.25 bits per heavy atom. The molecule has 3 nitrogen and oxygen atoms in total. The van der Waals surface area contributed by atoms with Gasteiger partial charge in [0.05, 0.1) is 0 Å².